The Hall–Kier alpha value is -0.790. The van der Waals surface area contributed by atoms with Crippen molar-refractivity contribution in [2.75, 3.05) is 7.11 Å². The zero-order chi connectivity index (χ0) is 14.1. The molecule has 1 aromatic carbocycles. The van der Waals surface area contributed by atoms with Crippen LogP contribution in [0, 0.1) is 0 Å². The SMILES string of the molecule is COc1ccc(Cl)cc1[C@@H](N)C(F)(F)C(F)(F)F.Cl. The predicted molar refractivity (Wildman–Crippen MR) is 63.2 cm³/mol. The molecule has 19 heavy (non-hydrogen) atoms. The van der Waals surface area contributed by atoms with Gasteiger partial charge in [0, 0.05) is 10.6 Å². The number of halogens is 7. The largest absolute Gasteiger partial charge is 0.496 e. The highest BCUT2D eigenvalue weighted by Crippen LogP contribution is 2.45. The molecule has 0 aliphatic heterocycles. The molecule has 0 aliphatic carbocycles. The smallest absolute Gasteiger partial charge is 0.455 e. The Kier molecular flexibility index (Phi) is 5.85. The Morgan fingerprint density at radius 1 is 1.21 bits per heavy atom. The van der Waals surface area contributed by atoms with Crippen molar-refractivity contribution in [3.63, 3.8) is 0 Å². The summed E-state index contributed by atoms with van der Waals surface area (Å²) < 4.78 is 67.5. The van der Waals surface area contributed by atoms with Crippen LogP contribution in [0.1, 0.15) is 11.6 Å². The molecule has 1 aromatic rings. The first-order valence-corrected chi connectivity index (χ1v) is 5.02. The quantitative estimate of drug-likeness (QED) is 0.853. The highest BCUT2D eigenvalue weighted by molar-refractivity contribution is 6.30. The Morgan fingerprint density at radius 2 is 1.74 bits per heavy atom. The third-order valence-corrected chi connectivity index (χ3v) is 2.53. The number of alkyl halides is 5. The van der Waals surface area contributed by atoms with Gasteiger partial charge < -0.3 is 10.5 Å². The van der Waals surface area contributed by atoms with Crippen LogP contribution in [0.15, 0.2) is 18.2 Å². The topological polar surface area (TPSA) is 35.2 Å². The summed E-state index contributed by atoms with van der Waals surface area (Å²) in [5.41, 5.74) is 4.49. The summed E-state index contributed by atoms with van der Waals surface area (Å²) in [4.78, 5) is 0. The van der Waals surface area contributed by atoms with E-state index < -0.39 is 23.7 Å². The normalized spacial score (nSPS) is 13.7. The van der Waals surface area contributed by atoms with Crippen molar-refractivity contribution in [2.45, 2.75) is 18.1 Å². The van der Waals surface area contributed by atoms with E-state index in [0.29, 0.717) is 0 Å². The second-order valence-corrected chi connectivity index (χ2v) is 3.92. The Balaban J connectivity index is 0.00000324. The van der Waals surface area contributed by atoms with Crippen LogP contribution in [-0.2, 0) is 0 Å². The number of methoxy groups -OCH3 is 1. The van der Waals surface area contributed by atoms with Crippen molar-refractivity contribution in [1.82, 2.24) is 0 Å². The molecule has 0 aromatic heterocycles. The number of nitrogens with two attached hydrogens (primary N) is 1. The van der Waals surface area contributed by atoms with Gasteiger partial charge in [0.2, 0.25) is 0 Å². The molecule has 0 saturated heterocycles. The summed E-state index contributed by atoms with van der Waals surface area (Å²) in [6.45, 7) is 0. The standard InChI is InChI=1S/C10H9ClF5NO.ClH/c1-18-7-3-2-5(11)4-6(7)8(17)9(12,13)10(14,15)16;/h2-4,8H,17H2,1H3;1H/t8-;/m1./s1. The van der Waals surface area contributed by atoms with Gasteiger partial charge in [0.15, 0.2) is 0 Å². The molecule has 0 radical (unpaired) electrons. The van der Waals surface area contributed by atoms with Gasteiger partial charge in [0.1, 0.15) is 11.8 Å². The molecule has 0 aliphatic rings. The number of ether oxygens (including phenoxy) is 1. The summed E-state index contributed by atoms with van der Waals surface area (Å²) in [7, 11) is 1.13. The zero-order valence-corrected chi connectivity index (χ0v) is 11.0. The van der Waals surface area contributed by atoms with Crippen LogP contribution in [0.25, 0.3) is 0 Å². The molecular weight excluding hydrogens is 316 g/mol. The number of rotatable bonds is 3. The van der Waals surface area contributed by atoms with Crippen LogP contribution in [0.4, 0.5) is 22.0 Å². The predicted octanol–water partition coefficient (Wildman–Crippen LogP) is 3.97. The molecular formula is C10H10Cl2F5NO. The van der Waals surface area contributed by atoms with E-state index in [9.17, 15) is 22.0 Å². The second-order valence-electron chi connectivity index (χ2n) is 3.48. The van der Waals surface area contributed by atoms with Gasteiger partial charge in [-0.1, -0.05) is 11.6 Å². The van der Waals surface area contributed by atoms with E-state index in [-0.39, 0.29) is 23.2 Å². The summed E-state index contributed by atoms with van der Waals surface area (Å²) in [6, 6.07) is 0.794. The molecule has 0 fully saturated rings. The van der Waals surface area contributed by atoms with Crippen LogP contribution in [-0.4, -0.2) is 19.2 Å². The van der Waals surface area contributed by atoms with Crippen LogP contribution in [0.3, 0.4) is 0 Å². The summed E-state index contributed by atoms with van der Waals surface area (Å²) in [5.74, 6) is -5.26. The fourth-order valence-electron chi connectivity index (χ4n) is 1.32. The Bertz CT molecular complexity index is 438. The average molecular weight is 326 g/mol. The molecule has 2 nitrogen and oxygen atoms in total. The van der Waals surface area contributed by atoms with Crippen molar-refractivity contribution in [2.24, 2.45) is 5.73 Å². The molecule has 0 unspecified atom stereocenters. The van der Waals surface area contributed by atoms with Crippen LogP contribution < -0.4 is 10.5 Å². The van der Waals surface area contributed by atoms with Gasteiger partial charge in [-0.2, -0.15) is 22.0 Å². The maximum absolute atomic E-state index is 13.1. The first-order valence-electron chi connectivity index (χ1n) is 4.64. The minimum atomic E-state index is -5.75. The lowest BCUT2D eigenvalue weighted by atomic mass is 10.00. The van der Waals surface area contributed by atoms with Gasteiger partial charge in [-0.15, -0.1) is 12.4 Å². The molecule has 9 heteroatoms. The van der Waals surface area contributed by atoms with Gasteiger partial charge >= 0.3 is 12.1 Å². The fraction of sp³-hybridized carbons (Fsp3) is 0.400. The number of benzene rings is 1. The molecule has 0 spiro atoms. The van der Waals surface area contributed by atoms with Gasteiger partial charge in [-0.05, 0) is 18.2 Å². The third-order valence-electron chi connectivity index (χ3n) is 2.30. The zero-order valence-electron chi connectivity index (χ0n) is 9.47. The fourth-order valence-corrected chi connectivity index (χ4v) is 1.50. The molecule has 0 bridgehead atoms. The molecule has 0 heterocycles. The minimum Gasteiger partial charge on any atom is -0.496 e. The average Bonchev–Trinajstić information content (AvgIpc) is 2.26. The van der Waals surface area contributed by atoms with Crippen molar-refractivity contribution >= 4 is 24.0 Å². The monoisotopic (exact) mass is 325 g/mol. The van der Waals surface area contributed by atoms with Crippen molar-refractivity contribution < 1.29 is 26.7 Å². The van der Waals surface area contributed by atoms with E-state index in [1.54, 1.807) is 0 Å². The van der Waals surface area contributed by atoms with Crippen molar-refractivity contribution in [3.8, 4) is 5.75 Å². The van der Waals surface area contributed by atoms with Crippen molar-refractivity contribution in [1.29, 1.82) is 0 Å². The lowest BCUT2D eigenvalue weighted by molar-refractivity contribution is -0.291. The van der Waals surface area contributed by atoms with E-state index in [4.69, 9.17) is 17.3 Å². The number of hydrogen-bond donors (Lipinski definition) is 1. The van der Waals surface area contributed by atoms with Crippen LogP contribution in [0.2, 0.25) is 5.02 Å². The van der Waals surface area contributed by atoms with E-state index >= 15 is 0 Å². The van der Waals surface area contributed by atoms with E-state index in [2.05, 4.69) is 4.74 Å². The van der Waals surface area contributed by atoms with E-state index in [1.165, 1.54) is 12.1 Å². The van der Waals surface area contributed by atoms with Crippen molar-refractivity contribution in [3.05, 3.63) is 28.8 Å². The summed E-state index contributed by atoms with van der Waals surface area (Å²) in [5, 5.41) is -0.0146. The van der Waals surface area contributed by atoms with Gasteiger partial charge in [0.25, 0.3) is 0 Å². The maximum Gasteiger partial charge on any atom is 0.455 e. The third kappa shape index (κ3) is 3.61. The Morgan fingerprint density at radius 3 is 2.16 bits per heavy atom. The molecule has 1 rings (SSSR count). The lowest BCUT2D eigenvalue weighted by Crippen LogP contribution is -2.45. The Labute approximate surface area is 117 Å². The van der Waals surface area contributed by atoms with E-state index in [1.807, 2.05) is 0 Å². The highest BCUT2D eigenvalue weighted by Gasteiger charge is 2.62. The lowest BCUT2D eigenvalue weighted by Gasteiger charge is -2.27. The molecule has 2 N–H and O–H groups in total. The van der Waals surface area contributed by atoms with Gasteiger partial charge in [-0.25, -0.2) is 0 Å². The minimum absolute atomic E-state index is 0. The first kappa shape index (κ1) is 18.2. The van der Waals surface area contributed by atoms with Crippen LogP contribution in [0.5, 0.6) is 5.75 Å². The number of hydrogen-bond acceptors (Lipinski definition) is 2. The second kappa shape index (κ2) is 6.11. The summed E-state index contributed by atoms with van der Waals surface area (Å²) >= 11 is 5.54. The molecule has 0 amide bonds. The highest BCUT2D eigenvalue weighted by atomic mass is 35.5. The maximum atomic E-state index is 13.1. The molecule has 1 atom stereocenters. The summed E-state index contributed by atoms with van der Waals surface area (Å²) in [6.07, 6.45) is -5.75. The molecule has 110 valence electrons. The van der Waals surface area contributed by atoms with Gasteiger partial charge in [-0.3, -0.25) is 0 Å². The molecule has 0 saturated carbocycles. The van der Waals surface area contributed by atoms with Gasteiger partial charge in [0.05, 0.1) is 7.11 Å². The first-order chi connectivity index (χ1) is 8.11. The van der Waals surface area contributed by atoms with Crippen LogP contribution >= 0.6 is 24.0 Å². The van der Waals surface area contributed by atoms with E-state index in [0.717, 1.165) is 13.2 Å².